The highest BCUT2D eigenvalue weighted by atomic mass is 16.5. The van der Waals surface area contributed by atoms with E-state index in [1.54, 1.807) is 0 Å². The number of hydrogen-bond acceptors (Lipinski definition) is 7. The monoisotopic (exact) mass is 462 g/mol. The molecule has 0 bridgehead atoms. The lowest BCUT2D eigenvalue weighted by molar-refractivity contribution is -0.149. The molecule has 1 aromatic rings. The molecular weight excluding hydrogens is 424 g/mol. The van der Waals surface area contributed by atoms with Crippen LogP contribution in [0.4, 0.5) is 5.82 Å². The number of likely N-dealkylation sites (tertiary alicyclic amines) is 2. The van der Waals surface area contributed by atoms with Crippen molar-refractivity contribution in [2.45, 2.75) is 70.4 Å². The fraction of sp³-hybridized carbons (Fsp3) is 0.792. The van der Waals surface area contributed by atoms with Gasteiger partial charge in [-0.2, -0.15) is 0 Å². The van der Waals surface area contributed by atoms with Gasteiger partial charge in [-0.25, -0.2) is 4.79 Å². The molecule has 3 aliphatic heterocycles. The predicted octanol–water partition coefficient (Wildman–Crippen LogP) is 2.16. The van der Waals surface area contributed by atoms with Gasteiger partial charge >= 0.3 is 5.97 Å². The van der Waals surface area contributed by atoms with Gasteiger partial charge in [-0.1, -0.05) is 19.0 Å². The normalized spacial score (nSPS) is 24.5. The summed E-state index contributed by atoms with van der Waals surface area (Å²) < 4.78 is 5.66. The maximum absolute atomic E-state index is 13.3. The van der Waals surface area contributed by atoms with E-state index >= 15 is 0 Å². The average Bonchev–Trinajstić information content (AvgIpc) is 3.46. The lowest BCUT2D eigenvalue weighted by Crippen LogP contribution is -2.43. The SMILES string of the molecule is CC(C)C(C(=O)N1CCCC1C(=O)O)c1cc(N2CCC(CN3CCC(O)CC3)CC2)no1. The number of anilines is 1. The first kappa shape index (κ1) is 24.0. The number of aliphatic hydroxyl groups is 1. The van der Waals surface area contributed by atoms with Crippen molar-refractivity contribution in [3.63, 3.8) is 0 Å². The summed E-state index contributed by atoms with van der Waals surface area (Å²) in [5.41, 5.74) is 0. The molecular formula is C24H38N4O5. The fourth-order valence-corrected chi connectivity index (χ4v) is 5.59. The molecule has 184 valence electrons. The number of hydrogen-bond donors (Lipinski definition) is 2. The van der Waals surface area contributed by atoms with E-state index in [0.717, 1.165) is 64.2 Å². The number of aliphatic hydroxyl groups excluding tert-OH is 1. The van der Waals surface area contributed by atoms with Crippen LogP contribution in [0.2, 0.25) is 0 Å². The first-order valence-corrected chi connectivity index (χ1v) is 12.5. The number of aromatic nitrogens is 1. The van der Waals surface area contributed by atoms with Crippen LogP contribution in [0.15, 0.2) is 10.6 Å². The Bertz CT molecular complexity index is 812. The molecule has 9 nitrogen and oxygen atoms in total. The van der Waals surface area contributed by atoms with Crippen LogP contribution in [0.25, 0.3) is 0 Å². The topological polar surface area (TPSA) is 110 Å². The van der Waals surface area contributed by atoms with Gasteiger partial charge in [-0.15, -0.1) is 0 Å². The molecule has 33 heavy (non-hydrogen) atoms. The molecule has 0 saturated carbocycles. The van der Waals surface area contributed by atoms with Gasteiger partial charge in [0.2, 0.25) is 5.91 Å². The van der Waals surface area contributed by atoms with Gasteiger partial charge in [0.25, 0.3) is 0 Å². The van der Waals surface area contributed by atoms with Crippen LogP contribution >= 0.6 is 0 Å². The lowest BCUT2D eigenvalue weighted by atomic mass is 9.91. The van der Waals surface area contributed by atoms with E-state index in [1.165, 1.54) is 4.90 Å². The molecule has 4 heterocycles. The molecule has 1 amide bonds. The van der Waals surface area contributed by atoms with Crippen LogP contribution in [-0.2, 0) is 9.59 Å². The van der Waals surface area contributed by atoms with Gasteiger partial charge < -0.3 is 29.4 Å². The first-order chi connectivity index (χ1) is 15.8. The molecule has 3 fully saturated rings. The zero-order valence-corrected chi connectivity index (χ0v) is 19.9. The fourth-order valence-electron chi connectivity index (χ4n) is 5.59. The minimum Gasteiger partial charge on any atom is -0.480 e. The van der Waals surface area contributed by atoms with Crippen LogP contribution in [0, 0.1) is 11.8 Å². The van der Waals surface area contributed by atoms with Crippen LogP contribution in [0.5, 0.6) is 0 Å². The Balaban J connectivity index is 1.35. The van der Waals surface area contributed by atoms with E-state index in [-0.39, 0.29) is 17.9 Å². The second-order valence-electron chi connectivity index (χ2n) is 10.3. The quantitative estimate of drug-likeness (QED) is 0.634. The average molecular weight is 463 g/mol. The molecule has 0 aliphatic carbocycles. The van der Waals surface area contributed by atoms with E-state index in [9.17, 15) is 19.8 Å². The van der Waals surface area contributed by atoms with Crippen molar-refractivity contribution >= 4 is 17.7 Å². The van der Waals surface area contributed by atoms with E-state index in [2.05, 4.69) is 15.0 Å². The summed E-state index contributed by atoms with van der Waals surface area (Å²) in [5, 5.41) is 23.5. The van der Waals surface area contributed by atoms with Gasteiger partial charge in [-0.3, -0.25) is 4.79 Å². The molecule has 2 N–H and O–H groups in total. The third kappa shape index (κ3) is 5.51. The Morgan fingerprint density at radius 2 is 1.79 bits per heavy atom. The van der Waals surface area contributed by atoms with Crippen molar-refractivity contribution in [1.29, 1.82) is 0 Å². The second kappa shape index (κ2) is 10.4. The summed E-state index contributed by atoms with van der Waals surface area (Å²) in [4.78, 5) is 31.1. The molecule has 0 spiro atoms. The Morgan fingerprint density at radius 1 is 1.09 bits per heavy atom. The van der Waals surface area contributed by atoms with Crippen molar-refractivity contribution < 1.29 is 24.3 Å². The smallest absolute Gasteiger partial charge is 0.326 e. The molecule has 3 aliphatic rings. The second-order valence-corrected chi connectivity index (χ2v) is 10.3. The van der Waals surface area contributed by atoms with E-state index in [1.807, 2.05) is 19.9 Å². The van der Waals surface area contributed by atoms with Crippen molar-refractivity contribution in [2.75, 3.05) is 44.2 Å². The van der Waals surface area contributed by atoms with Crippen LogP contribution in [0.1, 0.15) is 64.1 Å². The number of amides is 1. The number of carboxylic acids is 1. The summed E-state index contributed by atoms with van der Waals surface area (Å²) in [5.74, 6) is 0.263. The molecule has 1 aromatic heterocycles. The highest BCUT2D eigenvalue weighted by Gasteiger charge is 2.40. The molecule has 9 heteroatoms. The van der Waals surface area contributed by atoms with Gasteiger partial charge in [0.05, 0.1) is 6.10 Å². The van der Waals surface area contributed by atoms with Gasteiger partial charge in [-0.05, 0) is 50.4 Å². The summed E-state index contributed by atoms with van der Waals surface area (Å²) in [6, 6.07) is 1.13. The van der Waals surface area contributed by atoms with Crippen molar-refractivity contribution in [3.05, 3.63) is 11.8 Å². The van der Waals surface area contributed by atoms with E-state index in [0.29, 0.717) is 31.1 Å². The Morgan fingerprint density at radius 3 is 2.42 bits per heavy atom. The van der Waals surface area contributed by atoms with Crippen molar-refractivity contribution in [2.24, 2.45) is 11.8 Å². The minimum atomic E-state index is -0.940. The Kier molecular flexibility index (Phi) is 7.58. The van der Waals surface area contributed by atoms with Gasteiger partial charge in [0.15, 0.2) is 11.6 Å². The maximum Gasteiger partial charge on any atom is 0.326 e. The molecule has 4 rings (SSSR count). The maximum atomic E-state index is 13.3. The summed E-state index contributed by atoms with van der Waals surface area (Å²) in [6.07, 6.45) is 5.00. The number of carboxylic acid groups (broad SMARTS) is 1. The van der Waals surface area contributed by atoms with E-state index < -0.39 is 17.9 Å². The van der Waals surface area contributed by atoms with Crippen LogP contribution < -0.4 is 4.90 Å². The highest BCUT2D eigenvalue weighted by molar-refractivity contribution is 5.88. The molecule has 2 atom stereocenters. The third-order valence-electron chi connectivity index (χ3n) is 7.59. The highest BCUT2D eigenvalue weighted by Crippen LogP contribution is 2.33. The lowest BCUT2D eigenvalue weighted by Gasteiger charge is -2.36. The van der Waals surface area contributed by atoms with Crippen LogP contribution in [-0.4, -0.2) is 88.5 Å². The third-order valence-corrected chi connectivity index (χ3v) is 7.59. The zero-order chi connectivity index (χ0) is 23.5. The zero-order valence-electron chi connectivity index (χ0n) is 19.9. The first-order valence-electron chi connectivity index (χ1n) is 12.5. The largest absolute Gasteiger partial charge is 0.480 e. The Labute approximate surface area is 195 Å². The molecule has 0 aromatic carbocycles. The number of aliphatic carboxylic acids is 1. The summed E-state index contributed by atoms with van der Waals surface area (Å²) in [6.45, 7) is 9.26. The molecule has 2 unspecified atom stereocenters. The number of piperidine rings is 2. The van der Waals surface area contributed by atoms with Gasteiger partial charge in [0, 0.05) is 45.3 Å². The number of carbonyl (C=O) groups is 2. The van der Waals surface area contributed by atoms with Crippen LogP contribution in [0.3, 0.4) is 0 Å². The predicted molar refractivity (Wildman–Crippen MR) is 123 cm³/mol. The van der Waals surface area contributed by atoms with Crippen molar-refractivity contribution in [3.8, 4) is 0 Å². The minimum absolute atomic E-state index is 0.0258. The number of nitrogens with zero attached hydrogens (tertiary/aromatic N) is 4. The Hall–Kier alpha value is -2.13. The molecule has 3 saturated heterocycles. The number of carbonyl (C=O) groups excluding carboxylic acids is 1. The number of rotatable bonds is 7. The van der Waals surface area contributed by atoms with Gasteiger partial charge in [0.1, 0.15) is 12.0 Å². The standard InChI is InChI=1S/C24H38N4O5/c1-16(2)22(23(30)28-9-3-4-19(28)24(31)32)20-14-21(25-33-20)27-12-5-17(6-13-27)15-26-10-7-18(29)8-11-26/h14,16-19,22,29H,3-13,15H2,1-2H3,(H,31,32). The molecule has 0 radical (unpaired) electrons. The summed E-state index contributed by atoms with van der Waals surface area (Å²) >= 11 is 0. The summed E-state index contributed by atoms with van der Waals surface area (Å²) in [7, 11) is 0. The van der Waals surface area contributed by atoms with E-state index in [4.69, 9.17) is 4.52 Å². The van der Waals surface area contributed by atoms with Crippen molar-refractivity contribution in [1.82, 2.24) is 15.0 Å².